The summed E-state index contributed by atoms with van der Waals surface area (Å²) < 4.78 is 12.5. The van der Waals surface area contributed by atoms with Gasteiger partial charge >= 0.3 is 0 Å². The molecule has 1 atom stereocenters. The summed E-state index contributed by atoms with van der Waals surface area (Å²) in [5, 5.41) is 0. The van der Waals surface area contributed by atoms with Gasteiger partial charge < -0.3 is 4.90 Å². The molecule has 0 N–H and O–H groups in total. The van der Waals surface area contributed by atoms with Crippen molar-refractivity contribution in [1.29, 1.82) is 0 Å². The second-order valence-electron chi connectivity index (χ2n) is 4.16. The Hall–Kier alpha value is -0.640. The van der Waals surface area contributed by atoms with E-state index >= 15 is 0 Å². The third-order valence-corrected chi connectivity index (χ3v) is 2.85. The molecule has 2 heterocycles. The molecule has 13 heavy (non-hydrogen) atoms. The SMILES string of the molecule is CN1CC(CN2CC(F)C2)CC1=O. The van der Waals surface area contributed by atoms with Gasteiger partial charge in [0.05, 0.1) is 0 Å². The minimum atomic E-state index is -0.630. The van der Waals surface area contributed by atoms with E-state index in [1.165, 1.54) is 0 Å². The number of nitrogens with zero attached hydrogens (tertiary/aromatic N) is 2. The average molecular weight is 186 g/mol. The number of alkyl halides is 1. The Morgan fingerprint density at radius 1 is 1.46 bits per heavy atom. The molecule has 2 rings (SSSR count). The highest BCUT2D eigenvalue weighted by Gasteiger charge is 2.32. The highest BCUT2D eigenvalue weighted by Crippen LogP contribution is 2.20. The molecule has 0 spiro atoms. The monoisotopic (exact) mass is 186 g/mol. The Kier molecular flexibility index (Phi) is 2.24. The van der Waals surface area contributed by atoms with E-state index in [-0.39, 0.29) is 5.91 Å². The van der Waals surface area contributed by atoms with Crippen LogP contribution in [0.3, 0.4) is 0 Å². The molecular weight excluding hydrogens is 171 g/mol. The third-order valence-electron chi connectivity index (χ3n) is 2.85. The van der Waals surface area contributed by atoms with Gasteiger partial charge in [-0.25, -0.2) is 4.39 Å². The van der Waals surface area contributed by atoms with E-state index in [9.17, 15) is 9.18 Å². The van der Waals surface area contributed by atoms with Crippen molar-refractivity contribution in [2.75, 3.05) is 33.2 Å². The highest BCUT2D eigenvalue weighted by atomic mass is 19.1. The van der Waals surface area contributed by atoms with Crippen LogP contribution in [0.25, 0.3) is 0 Å². The van der Waals surface area contributed by atoms with Crippen LogP contribution in [0.5, 0.6) is 0 Å². The predicted octanol–water partition coefficient (Wildman–Crippen LogP) is 0.118. The number of rotatable bonds is 2. The lowest BCUT2D eigenvalue weighted by Gasteiger charge is -2.35. The molecular formula is C9H15FN2O. The topological polar surface area (TPSA) is 23.6 Å². The van der Waals surface area contributed by atoms with Crippen LogP contribution in [0.1, 0.15) is 6.42 Å². The average Bonchev–Trinajstić information content (AvgIpc) is 2.28. The maximum absolute atomic E-state index is 12.5. The first-order valence-corrected chi connectivity index (χ1v) is 4.75. The molecule has 74 valence electrons. The summed E-state index contributed by atoms with van der Waals surface area (Å²) in [5.41, 5.74) is 0. The van der Waals surface area contributed by atoms with Gasteiger partial charge in [-0.1, -0.05) is 0 Å². The fourth-order valence-corrected chi connectivity index (χ4v) is 2.10. The zero-order valence-corrected chi connectivity index (χ0v) is 7.87. The van der Waals surface area contributed by atoms with Crippen LogP contribution in [-0.2, 0) is 4.79 Å². The zero-order valence-electron chi connectivity index (χ0n) is 7.87. The van der Waals surface area contributed by atoms with Crippen molar-refractivity contribution < 1.29 is 9.18 Å². The molecule has 0 aliphatic carbocycles. The predicted molar refractivity (Wildman–Crippen MR) is 47.1 cm³/mol. The van der Waals surface area contributed by atoms with Gasteiger partial charge in [0, 0.05) is 39.6 Å². The number of carbonyl (C=O) groups is 1. The number of hydrogen-bond acceptors (Lipinski definition) is 2. The molecule has 3 nitrogen and oxygen atoms in total. The van der Waals surface area contributed by atoms with Gasteiger partial charge in [0.2, 0.25) is 5.91 Å². The molecule has 1 unspecified atom stereocenters. The van der Waals surface area contributed by atoms with Crippen molar-refractivity contribution in [3.8, 4) is 0 Å². The van der Waals surface area contributed by atoms with Crippen LogP contribution < -0.4 is 0 Å². The molecule has 0 saturated carbocycles. The van der Waals surface area contributed by atoms with E-state index in [0.717, 1.165) is 13.1 Å². The van der Waals surface area contributed by atoms with Gasteiger partial charge in [0.25, 0.3) is 0 Å². The van der Waals surface area contributed by atoms with Crippen molar-refractivity contribution in [3.05, 3.63) is 0 Å². The van der Waals surface area contributed by atoms with Crippen LogP contribution >= 0.6 is 0 Å². The summed E-state index contributed by atoms with van der Waals surface area (Å²) in [6.45, 7) is 2.85. The maximum Gasteiger partial charge on any atom is 0.222 e. The molecule has 0 bridgehead atoms. The van der Waals surface area contributed by atoms with E-state index < -0.39 is 6.17 Å². The second kappa shape index (κ2) is 3.25. The van der Waals surface area contributed by atoms with Crippen molar-refractivity contribution in [2.45, 2.75) is 12.6 Å². The molecule has 2 aliphatic rings. The summed E-state index contributed by atoms with van der Waals surface area (Å²) in [4.78, 5) is 15.0. The van der Waals surface area contributed by atoms with E-state index in [1.54, 1.807) is 4.90 Å². The van der Waals surface area contributed by atoms with Gasteiger partial charge in [-0.15, -0.1) is 0 Å². The minimum Gasteiger partial charge on any atom is -0.345 e. The van der Waals surface area contributed by atoms with E-state index in [0.29, 0.717) is 25.4 Å². The summed E-state index contributed by atoms with van der Waals surface area (Å²) in [7, 11) is 1.83. The molecule has 4 heteroatoms. The summed E-state index contributed by atoms with van der Waals surface area (Å²) >= 11 is 0. The number of likely N-dealkylation sites (tertiary alicyclic amines) is 2. The molecule has 0 aromatic rings. The summed E-state index contributed by atoms with van der Waals surface area (Å²) in [6.07, 6.45) is 0.0130. The normalized spacial score (nSPS) is 31.1. The Balaban J connectivity index is 1.75. The molecule has 2 saturated heterocycles. The van der Waals surface area contributed by atoms with E-state index in [1.807, 2.05) is 7.05 Å². The number of carbonyl (C=O) groups excluding carboxylic acids is 1. The van der Waals surface area contributed by atoms with Gasteiger partial charge in [-0.2, -0.15) is 0 Å². The first-order chi connectivity index (χ1) is 6.15. The van der Waals surface area contributed by atoms with Gasteiger partial charge in [-0.3, -0.25) is 9.69 Å². The summed E-state index contributed by atoms with van der Waals surface area (Å²) in [6, 6.07) is 0. The molecule has 0 aromatic heterocycles. The Morgan fingerprint density at radius 3 is 2.62 bits per heavy atom. The number of amides is 1. The number of halogens is 1. The van der Waals surface area contributed by atoms with Crippen LogP contribution in [0, 0.1) is 5.92 Å². The highest BCUT2D eigenvalue weighted by molar-refractivity contribution is 5.78. The van der Waals surface area contributed by atoms with Crippen molar-refractivity contribution in [3.63, 3.8) is 0 Å². The fraction of sp³-hybridized carbons (Fsp3) is 0.889. The molecule has 2 fully saturated rings. The van der Waals surface area contributed by atoms with Crippen molar-refractivity contribution >= 4 is 5.91 Å². The quantitative estimate of drug-likeness (QED) is 0.611. The first kappa shape index (κ1) is 8.94. The lowest BCUT2D eigenvalue weighted by atomic mass is 10.1. The van der Waals surface area contributed by atoms with E-state index in [4.69, 9.17) is 0 Å². The minimum absolute atomic E-state index is 0.224. The van der Waals surface area contributed by atoms with Crippen LogP contribution in [0.2, 0.25) is 0 Å². The fourth-order valence-electron chi connectivity index (χ4n) is 2.10. The largest absolute Gasteiger partial charge is 0.345 e. The van der Waals surface area contributed by atoms with Crippen LogP contribution in [0.4, 0.5) is 4.39 Å². The number of hydrogen-bond donors (Lipinski definition) is 0. The molecule has 0 aromatic carbocycles. The third kappa shape index (κ3) is 1.82. The molecule has 1 amide bonds. The van der Waals surface area contributed by atoms with Crippen LogP contribution in [0.15, 0.2) is 0 Å². The maximum atomic E-state index is 12.5. The van der Waals surface area contributed by atoms with Crippen molar-refractivity contribution in [2.24, 2.45) is 5.92 Å². The Labute approximate surface area is 77.5 Å². The van der Waals surface area contributed by atoms with Crippen molar-refractivity contribution in [1.82, 2.24) is 9.80 Å². The summed E-state index contributed by atoms with van der Waals surface area (Å²) in [5.74, 6) is 0.646. The van der Waals surface area contributed by atoms with Gasteiger partial charge in [0.15, 0.2) is 0 Å². The van der Waals surface area contributed by atoms with Gasteiger partial charge in [-0.05, 0) is 5.92 Å². The first-order valence-electron chi connectivity index (χ1n) is 4.75. The lowest BCUT2D eigenvalue weighted by molar-refractivity contribution is -0.126. The van der Waals surface area contributed by atoms with E-state index in [2.05, 4.69) is 4.90 Å². The smallest absolute Gasteiger partial charge is 0.222 e. The zero-order chi connectivity index (χ0) is 9.42. The lowest BCUT2D eigenvalue weighted by Crippen LogP contribution is -2.50. The van der Waals surface area contributed by atoms with Crippen LogP contribution in [-0.4, -0.2) is 55.1 Å². The standard InChI is InChI=1S/C9H15FN2O/c1-11-3-7(2-9(11)13)4-12-5-8(10)6-12/h7-8H,2-6H2,1H3. The molecule has 0 radical (unpaired) electrons. The Bertz CT molecular complexity index is 216. The second-order valence-corrected chi connectivity index (χ2v) is 4.16. The Morgan fingerprint density at radius 2 is 2.15 bits per heavy atom. The van der Waals surface area contributed by atoms with Gasteiger partial charge in [0.1, 0.15) is 6.17 Å². The molecule has 2 aliphatic heterocycles.